The van der Waals surface area contributed by atoms with Crippen molar-refractivity contribution in [2.75, 3.05) is 18.0 Å². The van der Waals surface area contributed by atoms with Crippen LogP contribution in [0.4, 0.5) is 11.4 Å². The van der Waals surface area contributed by atoms with Crippen molar-refractivity contribution in [1.82, 2.24) is 5.32 Å². The van der Waals surface area contributed by atoms with Gasteiger partial charge in [0.25, 0.3) is 0 Å². The van der Waals surface area contributed by atoms with Gasteiger partial charge in [-0.15, -0.1) is 0 Å². The number of nitrogens with one attached hydrogen (secondary N) is 1. The smallest absolute Gasteiger partial charge is 0.335 e. The molecular formula is C29H28N2O3. The van der Waals surface area contributed by atoms with Crippen LogP contribution in [0.1, 0.15) is 34.5 Å². The first kappa shape index (κ1) is 22.0. The minimum Gasteiger partial charge on any atom is -0.485 e. The van der Waals surface area contributed by atoms with Crippen molar-refractivity contribution < 1.29 is 14.6 Å². The second-order valence-corrected chi connectivity index (χ2v) is 8.82. The molecule has 5 heteroatoms. The number of aryl methyl sites for hydroxylation is 1. The van der Waals surface area contributed by atoms with Crippen molar-refractivity contribution in [3.63, 3.8) is 0 Å². The Labute approximate surface area is 199 Å². The third-order valence-electron chi connectivity index (χ3n) is 6.53. The van der Waals surface area contributed by atoms with E-state index in [-0.39, 0.29) is 12.1 Å². The summed E-state index contributed by atoms with van der Waals surface area (Å²) in [5.74, 6) is -0.0748. The topological polar surface area (TPSA) is 61.8 Å². The van der Waals surface area contributed by atoms with E-state index in [1.165, 1.54) is 16.3 Å². The first-order chi connectivity index (χ1) is 16.5. The van der Waals surface area contributed by atoms with Crippen molar-refractivity contribution in [3.05, 3.63) is 102 Å². The molecule has 0 radical (unpaired) electrons. The van der Waals surface area contributed by atoms with E-state index in [1.54, 1.807) is 6.07 Å². The minimum absolute atomic E-state index is 0.0632. The Morgan fingerprint density at radius 1 is 1.06 bits per heavy atom. The average molecular weight is 453 g/mol. The zero-order valence-electron chi connectivity index (χ0n) is 19.4. The van der Waals surface area contributed by atoms with E-state index in [0.717, 1.165) is 22.7 Å². The molecular weight excluding hydrogens is 424 g/mol. The number of carbonyl (C=O) groups is 1. The lowest BCUT2D eigenvalue weighted by atomic mass is 9.99. The number of benzene rings is 4. The van der Waals surface area contributed by atoms with Gasteiger partial charge in [0.15, 0.2) is 0 Å². The Morgan fingerprint density at radius 3 is 2.65 bits per heavy atom. The molecule has 2 N–H and O–H groups in total. The zero-order chi connectivity index (χ0) is 23.7. The van der Waals surface area contributed by atoms with Gasteiger partial charge in [-0.3, -0.25) is 0 Å². The fraction of sp³-hybridized carbons (Fsp3) is 0.207. The molecule has 0 bridgehead atoms. The van der Waals surface area contributed by atoms with Gasteiger partial charge < -0.3 is 20.1 Å². The van der Waals surface area contributed by atoms with E-state index < -0.39 is 5.97 Å². The number of nitrogens with zero attached hydrogens (tertiary/aromatic N) is 1. The number of ether oxygens (including phenoxy) is 1. The van der Waals surface area contributed by atoms with Gasteiger partial charge in [-0.2, -0.15) is 0 Å². The summed E-state index contributed by atoms with van der Waals surface area (Å²) in [7, 11) is 0. The molecule has 0 spiro atoms. The third-order valence-corrected chi connectivity index (χ3v) is 6.53. The highest BCUT2D eigenvalue weighted by atomic mass is 16.5. The van der Waals surface area contributed by atoms with Crippen molar-refractivity contribution >= 4 is 28.1 Å². The molecule has 4 aromatic carbocycles. The van der Waals surface area contributed by atoms with Crippen LogP contribution in [0.3, 0.4) is 0 Å². The van der Waals surface area contributed by atoms with E-state index in [4.69, 9.17) is 4.74 Å². The molecule has 1 aliphatic rings. The summed E-state index contributed by atoms with van der Waals surface area (Å²) < 4.78 is 6.35. The first-order valence-electron chi connectivity index (χ1n) is 11.6. The molecule has 0 saturated heterocycles. The Morgan fingerprint density at radius 2 is 1.82 bits per heavy atom. The molecule has 0 aliphatic carbocycles. The van der Waals surface area contributed by atoms with Crippen LogP contribution < -0.4 is 15.0 Å². The SMILES string of the molecule is Cc1cc(N2CC(CN[C@H](C)c3cccc4ccccc34)Oc3ccccc32)ccc1C(=O)O. The molecule has 1 aliphatic heterocycles. The molecule has 0 amide bonds. The van der Waals surface area contributed by atoms with Crippen LogP contribution in [-0.2, 0) is 0 Å². The molecule has 2 atom stereocenters. The van der Waals surface area contributed by atoms with Crippen LogP contribution in [-0.4, -0.2) is 30.3 Å². The van der Waals surface area contributed by atoms with E-state index >= 15 is 0 Å². The van der Waals surface area contributed by atoms with Crippen LogP contribution in [0.5, 0.6) is 5.75 Å². The van der Waals surface area contributed by atoms with Gasteiger partial charge in [-0.05, 0) is 66.1 Å². The van der Waals surface area contributed by atoms with Gasteiger partial charge in [-0.25, -0.2) is 4.79 Å². The largest absolute Gasteiger partial charge is 0.485 e. The summed E-state index contributed by atoms with van der Waals surface area (Å²) in [6, 6.07) is 28.5. The number of carboxylic acid groups (broad SMARTS) is 1. The maximum atomic E-state index is 11.5. The molecule has 0 aromatic heterocycles. The fourth-order valence-electron chi connectivity index (χ4n) is 4.75. The molecule has 0 fully saturated rings. The monoisotopic (exact) mass is 452 g/mol. The van der Waals surface area contributed by atoms with E-state index in [1.807, 2.05) is 43.3 Å². The van der Waals surface area contributed by atoms with E-state index in [0.29, 0.717) is 18.7 Å². The molecule has 34 heavy (non-hydrogen) atoms. The Bertz CT molecular complexity index is 1350. The quantitative estimate of drug-likeness (QED) is 0.370. The fourth-order valence-corrected chi connectivity index (χ4v) is 4.75. The number of para-hydroxylation sites is 2. The number of fused-ring (bicyclic) bond motifs is 2. The summed E-state index contributed by atoms with van der Waals surface area (Å²) in [6.45, 7) is 5.37. The summed E-state index contributed by atoms with van der Waals surface area (Å²) >= 11 is 0. The molecule has 172 valence electrons. The summed E-state index contributed by atoms with van der Waals surface area (Å²) in [6.07, 6.45) is -0.0632. The Hall–Kier alpha value is -3.83. The highest BCUT2D eigenvalue weighted by Gasteiger charge is 2.27. The predicted molar refractivity (Wildman–Crippen MR) is 136 cm³/mol. The lowest BCUT2D eigenvalue weighted by molar-refractivity contribution is 0.0696. The average Bonchev–Trinajstić information content (AvgIpc) is 2.86. The number of anilines is 2. The van der Waals surface area contributed by atoms with E-state index in [2.05, 4.69) is 59.6 Å². The Balaban J connectivity index is 1.37. The van der Waals surface area contributed by atoms with Crippen molar-refractivity contribution in [2.24, 2.45) is 0 Å². The van der Waals surface area contributed by atoms with Crippen LogP contribution in [0.2, 0.25) is 0 Å². The standard InChI is InChI=1S/C29H28N2O3/c1-19-16-22(14-15-24(19)29(32)33)31-18-23(34-28-13-6-5-12-27(28)31)17-30-20(2)25-11-7-9-21-8-3-4-10-26(21)25/h3-16,20,23,30H,17-18H2,1-2H3,(H,32,33)/t20-,23?/m1/s1. The number of carboxylic acids is 1. The third kappa shape index (κ3) is 4.22. The number of hydrogen-bond donors (Lipinski definition) is 2. The van der Waals surface area contributed by atoms with Crippen LogP contribution in [0, 0.1) is 6.92 Å². The maximum absolute atomic E-state index is 11.5. The van der Waals surface area contributed by atoms with Crippen LogP contribution in [0.25, 0.3) is 10.8 Å². The lowest BCUT2D eigenvalue weighted by Crippen LogP contribution is -2.44. The van der Waals surface area contributed by atoms with Crippen molar-refractivity contribution in [3.8, 4) is 5.75 Å². The highest BCUT2D eigenvalue weighted by Crippen LogP contribution is 2.38. The van der Waals surface area contributed by atoms with E-state index in [9.17, 15) is 9.90 Å². The maximum Gasteiger partial charge on any atom is 0.335 e. The van der Waals surface area contributed by atoms with Crippen molar-refractivity contribution in [1.29, 1.82) is 0 Å². The van der Waals surface area contributed by atoms with Crippen LogP contribution in [0.15, 0.2) is 84.9 Å². The van der Waals surface area contributed by atoms with Gasteiger partial charge in [0.2, 0.25) is 0 Å². The van der Waals surface area contributed by atoms with Gasteiger partial charge in [-0.1, -0.05) is 54.6 Å². The molecule has 4 aromatic rings. The van der Waals surface area contributed by atoms with Crippen LogP contribution >= 0.6 is 0 Å². The normalized spacial score (nSPS) is 16.1. The lowest BCUT2D eigenvalue weighted by Gasteiger charge is -2.37. The van der Waals surface area contributed by atoms with Crippen molar-refractivity contribution in [2.45, 2.75) is 26.0 Å². The summed E-state index contributed by atoms with van der Waals surface area (Å²) in [4.78, 5) is 13.7. The predicted octanol–water partition coefficient (Wildman–Crippen LogP) is 6.10. The number of aromatic carboxylic acids is 1. The zero-order valence-corrected chi connectivity index (χ0v) is 19.4. The summed E-state index contributed by atoms with van der Waals surface area (Å²) in [5, 5.41) is 15.6. The number of rotatable bonds is 6. The molecule has 1 heterocycles. The second-order valence-electron chi connectivity index (χ2n) is 8.82. The van der Waals surface area contributed by atoms with Gasteiger partial charge in [0, 0.05) is 18.3 Å². The summed E-state index contributed by atoms with van der Waals surface area (Å²) in [5.41, 5.74) is 4.29. The Kier molecular flexibility index (Phi) is 5.95. The van der Waals surface area contributed by atoms with Gasteiger partial charge in [0.1, 0.15) is 11.9 Å². The van der Waals surface area contributed by atoms with Gasteiger partial charge in [0.05, 0.1) is 17.8 Å². The second kappa shape index (κ2) is 9.20. The number of hydrogen-bond acceptors (Lipinski definition) is 4. The molecule has 1 unspecified atom stereocenters. The first-order valence-corrected chi connectivity index (χ1v) is 11.6. The molecule has 5 rings (SSSR count). The molecule has 0 saturated carbocycles. The molecule has 5 nitrogen and oxygen atoms in total. The minimum atomic E-state index is -0.907. The highest BCUT2D eigenvalue weighted by molar-refractivity contribution is 5.90. The van der Waals surface area contributed by atoms with Gasteiger partial charge >= 0.3 is 5.97 Å².